The summed E-state index contributed by atoms with van der Waals surface area (Å²) in [5.74, 6) is -0.403. The number of carbonyl (C=O) groups excluding carboxylic acids is 1. The van der Waals surface area contributed by atoms with E-state index in [-0.39, 0.29) is 0 Å². The van der Waals surface area contributed by atoms with E-state index < -0.39 is 12.0 Å². The highest BCUT2D eigenvalue weighted by Gasteiger charge is 2.14. The van der Waals surface area contributed by atoms with Gasteiger partial charge in [0.15, 0.2) is 0 Å². The molecule has 1 atom stereocenters. The Morgan fingerprint density at radius 2 is 2.33 bits per heavy atom. The van der Waals surface area contributed by atoms with Crippen LogP contribution in [0.25, 0.3) is 0 Å². The summed E-state index contributed by atoms with van der Waals surface area (Å²) in [6.07, 6.45) is 0.458. The van der Waals surface area contributed by atoms with E-state index in [1.54, 1.807) is 6.07 Å². The second-order valence-corrected chi connectivity index (χ2v) is 4.65. The predicted octanol–water partition coefficient (Wildman–Crippen LogP) is 1.99. The molecule has 0 aromatic heterocycles. The molecule has 0 aliphatic heterocycles. The molecular formula is C10H11ClINO2. The lowest BCUT2D eigenvalue weighted by Crippen LogP contribution is -2.33. The highest BCUT2D eigenvalue weighted by molar-refractivity contribution is 14.1. The fourth-order valence-corrected chi connectivity index (χ4v) is 1.85. The van der Waals surface area contributed by atoms with E-state index in [9.17, 15) is 4.79 Å². The van der Waals surface area contributed by atoms with Crippen LogP contribution in [0.4, 0.5) is 0 Å². The molecule has 0 unspecified atom stereocenters. The third kappa shape index (κ3) is 3.62. The first kappa shape index (κ1) is 12.7. The monoisotopic (exact) mass is 339 g/mol. The maximum Gasteiger partial charge on any atom is 0.322 e. The van der Waals surface area contributed by atoms with Gasteiger partial charge < -0.3 is 10.5 Å². The number of ether oxygens (including phenoxy) is 1. The largest absolute Gasteiger partial charge is 0.468 e. The Morgan fingerprint density at radius 3 is 2.87 bits per heavy atom. The Balaban J connectivity index is 2.73. The van der Waals surface area contributed by atoms with Gasteiger partial charge in [-0.2, -0.15) is 0 Å². The number of rotatable bonds is 3. The minimum absolute atomic E-state index is 0.403. The van der Waals surface area contributed by atoms with Crippen LogP contribution in [-0.4, -0.2) is 19.1 Å². The fourth-order valence-electron chi connectivity index (χ4n) is 1.16. The number of benzene rings is 1. The topological polar surface area (TPSA) is 52.3 Å². The van der Waals surface area contributed by atoms with Crippen LogP contribution in [0.15, 0.2) is 18.2 Å². The number of halogens is 2. The van der Waals surface area contributed by atoms with Crippen molar-refractivity contribution < 1.29 is 9.53 Å². The number of esters is 1. The Hall–Kier alpha value is -0.330. The lowest BCUT2D eigenvalue weighted by atomic mass is 10.1. The lowest BCUT2D eigenvalue weighted by molar-refractivity contribution is -0.142. The highest BCUT2D eigenvalue weighted by atomic mass is 127. The first-order valence-corrected chi connectivity index (χ1v) is 5.77. The van der Waals surface area contributed by atoms with Crippen molar-refractivity contribution in [3.8, 4) is 0 Å². The maximum atomic E-state index is 11.1. The van der Waals surface area contributed by atoms with E-state index in [2.05, 4.69) is 27.3 Å². The molecule has 0 saturated heterocycles. The van der Waals surface area contributed by atoms with Gasteiger partial charge in [0.2, 0.25) is 0 Å². The van der Waals surface area contributed by atoms with Gasteiger partial charge in [-0.25, -0.2) is 0 Å². The van der Waals surface area contributed by atoms with Gasteiger partial charge in [-0.1, -0.05) is 17.7 Å². The summed E-state index contributed by atoms with van der Waals surface area (Å²) in [4.78, 5) is 11.1. The molecule has 0 bridgehead atoms. The van der Waals surface area contributed by atoms with Crippen molar-refractivity contribution in [3.05, 3.63) is 32.4 Å². The number of nitrogens with two attached hydrogens (primary N) is 1. The zero-order valence-corrected chi connectivity index (χ0v) is 11.1. The zero-order chi connectivity index (χ0) is 11.4. The molecule has 0 fully saturated rings. The summed E-state index contributed by atoms with van der Waals surface area (Å²) in [5, 5.41) is 0.700. The van der Waals surface area contributed by atoms with Crippen LogP contribution in [0.1, 0.15) is 5.56 Å². The van der Waals surface area contributed by atoms with Crippen LogP contribution in [0.5, 0.6) is 0 Å². The zero-order valence-electron chi connectivity index (χ0n) is 8.17. The molecule has 2 N–H and O–H groups in total. The molecule has 1 aromatic rings. The Labute approximate surface area is 107 Å². The summed E-state index contributed by atoms with van der Waals surface area (Å²) in [7, 11) is 1.33. The number of hydrogen-bond acceptors (Lipinski definition) is 3. The number of hydrogen-bond donors (Lipinski definition) is 1. The first-order valence-electron chi connectivity index (χ1n) is 4.32. The van der Waals surface area contributed by atoms with Gasteiger partial charge in [0, 0.05) is 3.57 Å². The minimum atomic E-state index is -0.619. The summed E-state index contributed by atoms with van der Waals surface area (Å²) in [6.45, 7) is 0. The maximum absolute atomic E-state index is 11.1. The Bertz CT molecular complexity index is 370. The van der Waals surface area contributed by atoms with Crippen molar-refractivity contribution in [2.75, 3.05) is 7.11 Å². The van der Waals surface area contributed by atoms with Crippen molar-refractivity contribution in [1.82, 2.24) is 0 Å². The van der Waals surface area contributed by atoms with E-state index in [0.717, 1.165) is 9.13 Å². The molecule has 82 valence electrons. The molecule has 0 spiro atoms. The Kier molecular flexibility index (Phi) is 4.82. The van der Waals surface area contributed by atoms with Crippen molar-refractivity contribution in [3.63, 3.8) is 0 Å². The fraction of sp³-hybridized carbons (Fsp3) is 0.300. The molecule has 0 heterocycles. The Morgan fingerprint density at radius 1 is 1.67 bits per heavy atom. The molecule has 0 aliphatic carbocycles. The van der Waals surface area contributed by atoms with E-state index in [1.165, 1.54) is 7.11 Å². The SMILES string of the molecule is COC(=O)[C@@H](N)Cc1ccc(Cl)c(I)c1. The summed E-state index contributed by atoms with van der Waals surface area (Å²) >= 11 is 8.01. The van der Waals surface area contributed by atoms with Crippen LogP contribution in [0, 0.1) is 3.57 Å². The molecule has 3 nitrogen and oxygen atoms in total. The third-order valence-electron chi connectivity index (χ3n) is 1.94. The second-order valence-electron chi connectivity index (χ2n) is 3.08. The van der Waals surface area contributed by atoms with E-state index in [1.807, 2.05) is 12.1 Å². The average Bonchev–Trinajstić information content (AvgIpc) is 2.22. The summed E-state index contributed by atoms with van der Waals surface area (Å²) in [5.41, 5.74) is 6.61. The third-order valence-corrected chi connectivity index (χ3v) is 3.48. The summed E-state index contributed by atoms with van der Waals surface area (Å²) < 4.78 is 5.49. The van der Waals surface area contributed by atoms with Crippen LogP contribution >= 0.6 is 34.2 Å². The summed E-state index contributed by atoms with van der Waals surface area (Å²) in [6, 6.07) is 4.94. The van der Waals surface area contributed by atoms with Crippen LogP contribution in [0.3, 0.4) is 0 Å². The van der Waals surface area contributed by atoms with Gasteiger partial charge in [0.05, 0.1) is 12.1 Å². The first-order chi connectivity index (χ1) is 7.04. The van der Waals surface area contributed by atoms with Gasteiger partial charge >= 0.3 is 5.97 Å². The second kappa shape index (κ2) is 5.67. The molecule has 15 heavy (non-hydrogen) atoms. The molecule has 1 rings (SSSR count). The van der Waals surface area contributed by atoms with E-state index >= 15 is 0 Å². The van der Waals surface area contributed by atoms with Crippen molar-refractivity contribution in [2.45, 2.75) is 12.5 Å². The van der Waals surface area contributed by atoms with Crippen molar-refractivity contribution in [2.24, 2.45) is 5.73 Å². The van der Waals surface area contributed by atoms with Crippen LogP contribution < -0.4 is 5.73 Å². The minimum Gasteiger partial charge on any atom is -0.468 e. The number of methoxy groups -OCH3 is 1. The predicted molar refractivity (Wildman–Crippen MR) is 67.9 cm³/mol. The quantitative estimate of drug-likeness (QED) is 0.677. The molecule has 0 aliphatic rings. The highest BCUT2D eigenvalue weighted by Crippen LogP contribution is 2.20. The molecule has 0 amide bonds. The van der Waals surface area contributed by atoms with Gasteiger partial charge in [-0.15, -0.1) is 0 Å². The van der Waals surface area contributed by atoms with Crippen molar-refractivity contribution in [1.29, 1.82) is 0 Å². The van der Waals surface area contributed by atoms with E-state index in [0.29, 0.717) is 11.4 Å². The standard InChI is InChI=1S/C10H11ClINO2/c1-15-10(14)9(13)5-6-2-3-7(11)8(12)4-6/h2-4,9H,5,13H2,1H3/t9-/m0/s1. The molecule has 1 aromatic carbocycles. The van der Waals surface area contributed by atoms with Crippen molar-refractivity contribution >= 4 is 40.2 Å². The van der Waals surface area contributed by atoms with Gasteiger partial charge in [-0.05, 0) is 46.7 Å². The normalized spacial score (nSPS) is 12.3. The van der Waals surface area contributed by atoms with Crippen LogP contribution in [0.2, 0.25) is 5.02 Å². The van der Waals surface area contributed by atoms with Gasteiger partial charge in [0.25, 0.3) is 0 Å². The molecule has 5 heteroatoms. The van der Waals surface area contributed by atoms with Gasteiger partial charge in [0.1, 0.15) is 6.04 Å². The molecule has 0 radical (unpaired) electrons. The van der Waals surface area contributed by atoms with E-state index in [4.69, 9.17) is 17.3 Å². The van der Waals surface area contributed by atoms with Crippen LogP contribution in [-0.2, 0) is 16.0 Å². The number of carbonyl (C=O) groups is 1. The van der Waals surface area contributed by atoms with Gasteiger partial charge in [-0.3, -0.25) is 4.79 Å². The average molecular weight is 340 g/mol. The molecule has 0 saturated carbocycles. The molecular weight excluding hydrogens is 328 g/mol. The smallest absolute Gasteiger partial charge is 0.322 e. The lowest BCUT2D eigenvalue weighted by Gasteiger charge is -2.09.